The Kier molecular flexibility index (Phi) is 6.17. The Hall–Kier alpha value is -2.68. The molecular formula is C22H25N3O4S. The summed E-state index contributed by atoms with van der Waals surface area (Å²) in [7, 11) is -3.43. The molecule has 1 aliphatic rings. The molecule has 2 heterocycles. The van der Waals surface area contributed by atoms with E-state index in [1.165, 1.54) is 4.31 Å². The first kappa shape index (κ1) is 20.6. The molecule has 8 heteroatoms. The number of benzene rings is 2. The Labute approximate surface area is 176 Å². The van der Waals surface area contributed by atoms with Crippen LogP contribution >= 0.6 is 0 Å². The Bertz CT molecular complexity index is 1130. The number of fused-ring (bicyclic) bond motifs is 1. The largest absolute Gasteiger partial charge is 0.379 e. The number of hydrogen-bond acceptors (Lipinski definition) is 4. The highest BCUT2D eigenvalue weighted by Crippen LogP contribution is 2.19. The summed E-state index contributed by atoms with van der Waals surface area (Å²) in [4.78, 5) is 15.7. The number of sulfonamides is 1. The number of H-pyrrole nitrogens is 1. The number of hydrogen-bond donors (Lipinski definition) is 2. The zero-order valence-electron chi connectivity index (χ0n) is 16.6. The van der Waals surface area contributed by atoms with Gasteiger partial charge in [-0.3, -0.25) is 4.79 Å². The van der Waals surface area contributed by atoms with Crippen molar-refractivity contribution >= 4 is 26.8 Å². The molecule has 1 amide bonds. The topological polar surface area (TPSA) is 91.5 Å². The summed E-state index contributed by atoms with van der Waals surface area (Å²) < 4.78 is 32.2. The molecule has 7 nitrogen and oxygen atoms in total. The number of ether oxygens (including phenoxy) is 1. The van der Waals surface area contributed by atoms with Crippen molar-refractivity contribution in [1.82, 2.24) is 14.6 Å². The number of carbonyl (C=O) groups is 1. The lowest BCUT2D eigenvalue weighted by molar-refractivity contribution is -0.120. The van der Waals surface area contributed by atoms with Gasteiger partial charge in [0.2, 0.25) is 15.9 Å². The molecule has 0 aliphatic carbocycles. The molecule has 30 heavy (non-hydrogen) atoms. The number of rotatable bonds is 7. The van der Waals surface area contributed by atoms with E-state index >= 15 is 0 Å². The van der Waals surface area contributed by atoms with Crippen molar-refractivity contribution in [3.05, 3.63) is 71.4 Å². The van der Waals surface area contributed by atoms with Gasteiger partial charge in [-0.15, -0.1) is 0 Å². The molecule has 0 spiro atoms. The average Bonchev–Trinajstić information content (AvgIpc) is 3.16. The Balaban J connectivity index is 1.41. The van der Waals surface area contributed by atoms with Crippen molar-refractivity contribution in [3.8, 4) is 0 Å². The summed E-state index contributed by atoms with van der Waals surface area (Å²) in [5.41, 5.74) is 3.45. The van der Waals surface area contributed by atoms with Crippen molar-refractivity contribution in [2.45, 2.75) is 18.7 Å². The molecule has 4 rings (SSSR count). The zero-order chi connectivity index (χ0) is 21.0. The molecule has 1 aliphatic heterocycles. The predicted octanol–water partition coefficient (Wildman–Crippen LogP) is 2.19. The van der Waals surface area contributed by atoms with Crippen LogP contribution < -0.4 is 5.32 Å². The van der Waals surface area contributed by atoms with E-state index in [9.17, 15) is 13.2 Å². The summed E-state index contributed by atoms with van der Waals surface area (Å²) >= 11 is 0. The monoisotopic (exact) mass is 427 g/mol. The maximum absolute atomic E-state index is 12.8. The molecule has 1 aromatic heterocycles. The number of morpholine rings is 1. The van der Waals surface area contributed by atoms with Crippen LogP contribution in [0.5, 0.6) is 0 Å². The second-order valence-electron chi connectivity index (χ2n) is 7.35. The molecule has 1 saturated heterocycles. The first-order chi connectivity index (χ1) is 14.5. The highest BCUT2D eigenvalue weighted by atomic mass is 32.2. The van der Waals surface area contributed by atoms with Gasteiger partial charge in [-0.2, -0.15) is 4.31 Å². The highest BCUT2D eigenvalue weighted by Gasteiger charge is 2.25. The smallest absolute Gasteiger partial charge is 0.224 e. The van der Waals surface area contributed by atoms with Crippen LogP contribution in [0, 0.1) is 0 Å². The van der Waals surface area contributed by atoms with E-state index in [1.54, 1.807) is 6.07 Å². The Morgan fingerprint density at radius 1 is 1.00 bits per heavy atom. The number of para-hydroxylation sites is 1. The molecule has 0 atom stereocenters. The van der Waals surface area contributed by atoms with Crippen molar-refractivity contribution in [3.63, 3.8) is 0 Å². The maximum Gasteiger partial charge on any atom is 0.224 e. The quantitative estimate of drug-likeness (QED) is 0.605. The number of nitrogens with one attached hydrogen (secondary N) is 2. The number of nitrogens with zero attached hydrogens (tertiary/aromatic N) is 1. The fourth-order valence-electron chi connectivity index (χ4n) is 3.69. The summed E-state index contributed by atoms with van der Waals surface area (Å²) in [6.07, 6.45) is 2.12. The van der Waals surface area contributed by atoms with Crippen molar-refractivity contribution in [2.24, 2.45) is 0 Å². The van der Waals surface area contributed by atoms with Gasteiger partial charge in [-0.1, -0.05) is 42.5 Å². The number of aromatic nitrogens is 1. The molecule has 158 valence electrons. The molecule has 2 aromatic carbocycles. The fourth-order valence-corrected chi connectivity index (χ4v) is 5.25. The third kappa shape index (κ3) is 4.72. The maximum atomic E-state index is 12.8. The minimum Gasteiger partial charge on any atom is -0.379 e. The van der Waals surface area contributed by atoms with Crippen LogP contribution in [0.3, 0.4) is 0 Å². The minimum atomic E-state index is -3.43. The van der Waals surface area contributed by atoms with E-state index in [1.807, 2.05) is 48.7 Å². The number of amides is 1. The molecule has 1 fully saturated rings. The number of carbonyl (C=O) groups excluding carboxylic acids is 1. The van der Waals surface area contributed by atoms with E-state index in [-0.39, 0.29) is 24.6 Å². The summed E-state index contributed by atoms with van der Waals surface area (Å²) in [5, 5.41) is 3.96. The standard InChI is InChI=1S/C22H25N3O4S/c26-22(13-19-15-23-21-8-4-3-7-20(19)21)24-14-17-5-1-2-6-18(17)16-30(27,28)25-9-11-29-12-10-25/h1-8,15,23H,9-14,16H2,(H,24,26). The fraction of sp³-hybridized carbons (Fsp3) is 0.318. The normalized spacial score (nSPS) is 15.3. The molecule has 0 unspecified atom stereocenters. The molecule has 3 aromatic rings. The van der Waals surface area contributed by atoms with Gasteiger partial charge in [0.15, 0.2) is 0 Å². The van der Waals surface area contributed by atoms with Crippen LogP contribution in [0.25, 0.3) is 10.9 Å². The molecule has 0 bridgehead atoms. The minimum absolute atomic E-state index is 0.0819. The van der Waals surface area contributed by atoms with E-state index in [4.69, 9.17) is 4.74 Å². The van der Waals surface area contributed by atoms with Crippen LogP contribution in [0.2, 0.25) is 0 Å². The van der Waals surface area contributed by atoms with E-state index in [2.05, 4.69) is 10.3 Å². The summed E-state index contributed by atoms with van der Waals surface area (Å²) in [6.45, 7) is 1.89. The Morgan fingerprint density at radius 2 is 1.70 bits per heavy atom. The third-order valence-electron chi connectivity index (χ3n) is 5.32. The van der Waals surface area contributed by atoms with Crippen molar-refractivity contribution in [1.29, 1.82) is 0 Å². The van der Waals surface area contributed by atoms with Gasteiger partial charge in [0, 0.05) is 36.7 Å². The lowest BCUT2D eigenvalue weighted by atomic mass is 10.1. The van der Waals surface area contributed by atoms with Gasteiger partial charge in [0.1, 0.15) is 0 Å². The van der Waals surface area contributed by atoms with Gasteiger partial charge in [0.25, 0.3) is 0 Å². The van der Waals surface area contributed by atoms with Crippen molar-refractivity contribution < 1.29 is 17.9 Å². The van der Waals surface area contributed by atoms with Gasteiger partial charge in [-0.05, 0) is 22.8 Å². The van der Waals surface area contributed by atoms with Crippen LogP contribution in [-0.4, -0.2) is 49.9 Å². The second-order valence-corrected chi connectivity index (χ2v) is 9.32. The second kappa shape index (κ2) is 8.99. The van der Waals surface area contributed by atoms with Gasteiger partial charge in [-0.25, -0.2) is 8.42 Å². The molecule has 2 N–H and O–H groups in total. The zero-order valence-corrected chi connectivity index (χ0v) is 17.5. The highest BCUT2D eigenvalue weighted by molar-refractivity contribution is 7.88. The van der Waals surface area contributed by atoms with Gasteiger partial charge >= 0.3 is 0 Å². The molecule has 0 radical (unpaired) electrons. The van der Waals surface area contributed by atoms with Crippen LogP contribution in [0.1, 0.15) is 16.7 Å². The lowest BCUT2D eigenvalue weighted by Crippen LogP contribution is -2.41. The SMILES string of the molecule is O=C(Cc1c[nH]c2ccccc12)NCc1ccccc1CS(=O)(=O)N1CCOCC1. The van der Waals surface area contributed by atoms with Crippen molar-refractivity contribution in [2.75, 3.05) is 26.3 Å². The van der Waals surface area contributed by atoms with Crippen LogP contribution in [0.15, 0.2) is 54.7 Å². The van der Waals surface area contributed by atoms with Crippen LogP contribution in [-0.2, 0) is 38.3 Å². The Morgan fingerprint density at radius 3 is 2.50 bits per heavy atom. The van der Waals surface area contributed by atoms with Gasteiger partial charge in [0.05, 0.1) is 25.4 Å². The van der Waals surface area contributed by atoms with E-state index < -0.39 is 10.0 Å². The summed E-state index contributed by atoms with van der Waals surface area (Å²) in [6, 6.07) is 15.2. The first-order valence-electron chi connectivity index (χ1n) is 9.97. The van der Waals surface area contributed by atoms with E-state index in [0.717, 1.165) is 22.0 Å². The third-order valence-corrected chi connectivity index (χ3v) is 7.15. The number of aromatic amines is 1. The van der Waals surface area contributed by atoms with Gasteiger partial charge < -0.3 is 15.0 Å². The lowest BCUT2D eigenvalue weighted by Gasteiger charge is -2.26. The first-order valence-corrected chi connectivity index (χ1v) is 11.6. The molecule has 0 saturated carbocycles. The summed E-state index contributed by atoms with van der Waals surface area (Å²) in [5.74, 6) is -0.188. The predicted molar refractivity (Wildman–Crippen MR) is 115 cm³/mol. The van der Waals surface area contributed by atoms with Crippen LogP contribution in [0.4, 0.5) is 0 Å². The average molecular weight is 428 g/mol. The molecular weight excluding hydrogens is 402 g/mol. The van der Waals surface area contributed by atoms with E-state index in [0.29, 0.717) is 31.9 Å².